The van der Waals surface area contributed by atoms with Crippen LogP contribution in [0.4, 0.5) is 5.69 Å². The van der Waals surface area contributed by atoms with E-state index in [2.05, 4.69) is 10.6 Å². The van der Waals surface area contributed by atoms with Crippen LogP contribution >= 0.6 is 0 Å². The van der Waals surface area contributed by atoms with Crippen LogP contribution in [0.25, 0.3) is 0 Å². The number of amides is 2. The zero-order chi connectivity index (χ0) is 17.1. The van der Waals surface area contributed by atoms with Gasteiger partial charge in [-0.1, -0.05) is 0 Å². The van der Waals surface area contributed by atoms with Gasteiger partial charge in [-0.2, -0.15) is 0 Å². The summed E-state index contributed by atoms with van der Waals surface area (Å²) in [6.07, 6.45) is 2.09. The van der Waals surface area contributed by atoms with Crippen molar-refractivity contribution in [3.8, 4) is 0 Å². The second-order valence-electron chi connectivity index (χ2n) is 5.87. The van der Waals surface area contributed by atoms with Gasteiger partial charge in [0, 0.05) is 11.3 Å². The molecule has 2 amide bonds. The molecule has 1 aliphatic rings. The molecule has 124 valence electrons. The highest BCUT2D eigenvalue weighted by Gasteiger charge is 2.47. The van der Waals surface area contributed by atoms with E-state index in [1.54, 1.807) is 42.7 Å². The number of furan rings is 1. The molecule has 0 radical (unpaired) electrons. The lowest BCUT2D eigenvalue weighted by atomic mass is 10.1. The summed E-state index contributed by atoms with van der Waals surface area (Å²) in [6, 6.07) is 10.2. The molecule has 6 heteroatoms. The van der Waals surface area contributed by atoms with Crippen LogP contribution < -0.4 is 10.6 Å². The highest BCUT2D eigenvalue weighted by Crippen LogP contribution is 2.39. The summed E-state index contributed by atoms with van der Waals surface area (Å²) in [6.45, 7) is 1.81. The minimum Gasteiger partial charge on any atom is -0.467 e. The number of benzene rings is 1. The highest BCUT2D eigenvalue weighted by atomic mass is 16.3. The maximum absolute atomic E-state index is 12.2. The second-order valence-corrected chi connectivity index (χ2v) is 5.87. The average molecular weight is 326 g/mol. The quantitative estimate of drug-likeness (QED) is 0.798. The Bertz CT molecular complexity index is 750. The number of carbonyl (C=O) groups is 3. The molecule has 0 spiro atoms. The van der Waals surface area contributed by atoms with Crippen LogP contribution in [0.15, 0.2) is 47.1 Å². The Morgan fingerprint density at radius 1 is 1.08 bits per heavy atom. The van der Waals surface area contributed by atoms with Gasteiger partial charge in [0.1, 0.15) is 5.76 Å². The molecule has 2 N–H and O–H groups in total. The van der Waals surface area contributed by atoms with Gasteiger partial charge >= 0.3 is 0 Å². The minimum absolute atomic E-state index is 0.0247. The molecule has 3 rings (SSSR count). The molecule has 2 unspecified atom stereocenters. The largest absolute Gasteiger partial charge is 0.467 e. The third-order valence-electron chi connectivity index (χ3n) is 4.04. The fraction of sp³-hybridized carbons (Fsp3) is 0.278. The molecule has 0 saturated heterocycles. The Labute approximate surface area is 139 Å². The van der Waals surface area contributed by atoms with Gasteiger partial charge in [-0.3, -0.25) is 14.4 Å². The normalized spacial score (nSPS) is 18.7. The first-order chi connectivity index (χ1) is 11.5. The highest BCUT2D eigenvalue weighted by molar-refractivity contribution is 6.00. The van der Waals surface area contributed by atoms with E-state index in [0.717, 1.165) is 0 Å². The van der Waals surface area contributed by atoms with E-state index in [1.807, 2.05) is 0 Å². The van der Waals surface area contributed by atoms with E-state index in [9.17, 15) is 14.4 Å². The molecule has 2 atom stereocenters. The molecule has 0 aliphatic heterocycles. The molecular formula is C18H18N2O4. The molecule has 2 aromatic rings. The van der Waals surface area contributed by atoms with Gasteiger partial charge in [0.15, 0.2) is 5.78 Å². The third-order valence-corrected chi connectivity index (χ3v) is 4.04. The number of carbonyl (C=O) groups excluding carboxylic acids is 3. The van der Waals surface area contributed by atoms with Crippen LogP contribution in [-0.2, 0) is 16.1 Å². The van der Waals surface area contributed by atoms with E-state index in [1.165, 1.54) is 6.92 Å². The van der Waals surface area contributed by atoms with Crippen molar-refractivity contribution < 1.29 is 18.8 Å². The summed E-state index contributed by atoms with van der Waals surface area (Å²) in [4.78, 5) is 35.4. The number of Topliss-reactive ketones (excluding diaryl/α,β-unsaturated/α-hetero) is 1. The lowest BCUT2D eigenvalue weighted by Crippen LogP contribution is -2.26. The number of ketones is 1. The summed E-state index contributed by atoms with van der Waals surface area (Å²) in [5.74, 6) is -0.272. The van der Waals surface area contributed by atoms with Crippen molar-refractivity contribution in [3.05, 3.63) is 54.0 Å². The first-order valence-corrected chi connectivity index (χ1v) is 7.76. The predicted molar refractivity (Wildman–Crippen MR) is 87.2 cm³/mol. The minimum atomic E-state index is -0.311. The van der Waals surface area contributed by atoms with Crippen LogP contribution in [0.2, 0.25) is 0 Å². The van der Waals surface area contributed by atoms with Gasteiger partial charge < -0.3 is 15.1 Å². The molecule has 1 aromatic carbocycles. The van der Waals surface area contributed by atoms with Crippen molar-refractivity contribution in [2.75, 3.05) is 5.32 Å². The monoisotopic (exact) mass is 326 g/mol. The third kappa shape index (κ3) is 3.71. The second kappa shape index (κ2) is 6.70. The van der Waals surface area contributed by atoms with E-state index in [-0.39, 0.29) is 29.4 Å². The molecule has 1 heterocycles. The lowest BCUT2D eigenvalue weighted by molar-refractivity contribution is -0.125. The summed E-state index contributed by atoms with van der Waals surface area (Å²) in [5, 5.41) is 5.54. The van der Waals surface area contributed by atoms with Crippen LogP contribution in [-0.4, -0.2) is 17.6 Å². The maximum atomic E-state index is 12.2. The fourth-order valence-electron chi connectivity index (χ4n) is 2.52. The maximum Gasteiger partial charge on any atom is 0.228 e. The number of anilines is 1. The van der Waals surface area contributed by atoms with Gasteiger partial charge in [0.25, 0.3) is 0 Å². The Morgan fingerprint density at radius 3 is 2.42 bits per heavy atom. The SMILES string of the molecule is CC(=O)c1ccc(NC(=O)C2CC2C(=O)NCc2ccco2)cc1. The summed E-state index contributed by atoms with van der Waals surface area (Å²) >= 11 is 0. The molecule has 1 aliphatic carbocycles. The molecule has 1 fully saturated rings. The van der Waals surface area contributed by atoms with Gasteiger partial charge in [0.05, 0.1) is 24.6 Å². The molecule has 1 aromatic heterocycles. The molecule has 24 heavy (non-hydrogen) atoms. The van der Waals surface area contributed by atoms with E-state index in [0.29, 0.717) is 30.0 Å². The van der Waals surface area contributed by atoms with Crippen molar-refractivity contribution in [1.29, 1.82) is 0 Å². The summed E-state index contributed by atoms with van der Waals surface area (Å²) in [5.41, 5.74) is 1.21. The van der Waals surface area contributed by atoms with Gasteiger partial charge in [0.2, 0.25) is 11.8 Å². The molecule has 0 bridgehead atoms. The zero-order valence-corrected chi connectivity index (χ0v) is 13.2. The van der Waals surface area contributed by atoms with Crippen molar-refractivity contribution in [2.45, 2.75) is 19.9 Å². The summed E-state index contributed by atoms with van der Waals surface area (Å²) in [7, 11) is 0. The number of rotatable bonds is 6. The van der Waals surface area contributed by atoms with E-state index < -0.39 is 0 Å². The van der Waals surface area contributed by atoms with E-state index in [4.69, 9.17) is 4.42 Å². The van der Waals surface area contributed by atoms with E-state index >= 15 is 0 Å². The number of hydrogen-bond donors (Lipinski definition) is 2. The topological polar surface area (TPSA) is 88.4 Å². The first-order valence-electron chi connectivity index (χ1n) is 7.76. The standard InChI is InChI=1S/C18H18N2O4/c1-11(21)12-4-6-13(7-5-12)20-18(23)16-9-15(16)17(22)19-10-14-3-2-8-24-14/h2-8,15-16H,9-10H2,1H3,(H,19,22)(H,20,23). The van der Waals surface area contributed by atoms with Crippen LogP contribution in [0.3, 0.4) is 0 Å². The van der Waals surface area contributed by atoms with Crippen LogP contribution in [0.1, 0.15) is 29.5 Å². The Hall–Kier alpha value is -2.89. The van der Waals surface area contributed by atoms with Crippen molar-refractivity contribution in [3.63, 3.8) is 0 Å². The Kier molecular flexibility index (Phi) is 4.46. The van der Waals surface area contributed by atoms with Crippen LogP contribution in [0, 0.1) is 11.8 Å². The predicted octanol–water partition coefficient (Wildman–Crippen LogP) is 2.37. The molecule has 6 nitrogen and oxygen atoms in total. The molecular weight excluding hydrogens is 308 g/mol. The molecule has 1 saturated carbocycles. The van der Waals surface area contributed by atoms with Gasteiger partial charge in [-0.25, -0.2) is 0 Å². The van der Waals surface area contributed by atoms with Gasteiger partial charge in [-0.15, -0.1) is 0 Å². The van der Waals surface area contributed by atoms with Crippen molar-refractivity contribution in [1.82, 2.24) is 5.32 Å². The first kappa shape index (κ1) is 16.0. The van der Waals surface area contributed by atoms with Crippen LogP contribution in [0.5, 0.6) is 0 Å². The van der Waals surface area contributed by atoms with Crippen molar-refractivity contribution in [2.24, 2.45) is 11.8 Å². The zero-order valence-electron chi connectivity index (χ0n) is 13.2. The summed E-state index contributed by atoms with van der Waals surface area (Å²) < 4.78 is 5.15. The average Bonchev–Trinajstić information content (AvgIpc) is 3.21. The smallest absolute Gasteiger partial charge is 0.228 e. The van der Waals surface area contributed by atoms with Crippen molar-refractivity contribution >= 4 is 23.3 Å². The lowest BCUT2D eigenvalue weighted by Gasteiger charge is -2.06. The Morgan fingerprint density at radius 2 is 1.79 bits per heavy atom. The fourth-order valence-corrected chi connectivity index (χ4v) is 2.52. The number of hydrogen-bond acceptors (Lipinski definition) is 4. The Balaban J connectivity index is 1.48. The van der Waals surface area contributed by atoms with Gasteiger partial charge in [-0.05, 0) is 49.7 Å². The number of nitrogens with one attached hydrogen (secondary N) is 2.